The second-order valence-corrected chi connectivity index (χ2v) is 9.73. The molecule has 0 saturated heterocycles. The Morgan fingerprint density at radius 1 is 1.15 bits per heavy atom. The van der Waals surface area contributed by atoms with Crippen molar-refractivity contribution in [3.05, 3.63) is 29.3 Å². The van der Waals surface area contributed by atoms with Gasteiger partial charge in [-0.25, -0.2) is 8.42 Å². The smallest absolute Gasteiger partial charge is 0.191 e. The average molecular weight is 495 g/mol. The van der Waals surface area contributed by atoms with E-state index in [2.05, 4.69) is 36.4 Å². The summed E-state index contributed by atoms with van der Waals surface area (Å²) in [6, 6.07) is 5.41. The van der Waals surface area contributed by atoms with Crippen molar-refractivity contribution >= 4 is 39.8 Å². The fourth-order valence-electron chi connectivity index (χ4n) is 2.63. The molecule has 0 unspecified atom stereocenters. The summed E-state index contributed by atoms with van der Waals surface area (Å²) in [7, 11) is -1.42. The molecular formula is C19H34IN3O2S. The zero-order chi connectivity index (χ0) is 19.1. The van der Waals surface area contributed by atoms with Crippen molar-refractivity contribution in [2.24, 2.45) is 10.4 Å². The molecule has 7 heteroatoms. The van der Waals surface area contributed by atoms with E-state index in [9.17, 15) is 8.42 Å². The van der Waals surface area contributed by atoms with Crippen molar-refractivity contribution in [1.29, 1.82) is 0 Å². The summed E-state index contributed by atoms with van der Waals surface area (Å²) >= 11 is 0. The zero-order valence-corrected chi connectivity index (χ0v) is 20.0. The summed E-state index contributed by atoms with van der Waals surface area (Å²) in [5.41, 5.74) is 2.18. The Hall–Kier alpha value is -0.830. The highest BCUT2D eigenvalue weighted by Crippen LogP contribution is 2.21. The number of halogens is 1. The molecule has 1 aromatic rings. The number of nitrogens with one attached hydrogen (secondary N) is 2. The summed E-state index contributed by atoms with van der Waals surface area (Å²) in [5.74, 6) is 0.764. The zero-order valence-electron chi connectivity index (χ0n) is 16.8. The number of rotatable bonds is 7. The Morgan fingerprint density at radius 3 is 2.31 bits per heavy atom. The van der Waals surface area contributed by atoms with Gasteiger partial charge in [-0.1, -0.05) is 39.3 Å². The van der Waals surface area contributed by atoms with E-state index in [-0.39, 0.29) is 24.0 Å². The molecule has 26 heavy (non-hydrogen) atoms. The molecule has 0 fully saturated rings. The molecule has 150 valence electrons. The third kappa shape index (κ3) is 9.75. The van der Waals surface area contributed by atoms with Crippen molar-refractivity contribution in [2.45, 2.75) is 58.4 Å². The largest absolute Gasteiger partial charge is 0.356 e. The second kappa shape index (κ2) is 11.1. The van der Waals surface area contributed by atoms with E-state index in [4.69, 9.17) is 0 Å². The van der Waals surface area contributed by atoms with Gasteiger partial charge in [-0.05, 0) is 42.4 Å². The fraction of sp³-hybridized carbons (Fsp3) is 0.632. The maximum absolute atomic E-state index is 11.7. The number of nitrogens with zero attached hydrogens (tertiary/aromatic N) is 1. The Morgan fingerprint density at radius 2 is 1.81 bits per heavy atom. The maximum atomic E-state index is 11.7. The first-order chi connectivity index (χ1) is 11.5. The molecule has 0 aromatic heterocycles. The van der Waals surface area contributed by atoms with Gasteiger partial charge in [-0.3, -0.25) is 4.99 Å². The van der Waals surface area contributed by atoms with Gasteiger partial charge in [0.15, 0.2) is 15.8 Å². The Labute approximate surface area is 176 Å². The van der Waals surface area contributed by atoms with E-state index in [0.29, 0.717) is 16.9 Å². The van der Waals surface area contributed by atoms with E-state index in [1.165, 1.54) is 19.1 Å². The lowest BCUT2D eigenvalue weighted by Gasteiger charge is -2.18. The van der Waals surface area contributed by atoms with Crippen LogP contribution in [-0.4, -0.2) is 34.2 Å². The Kier molecular flexibility index (Phi) is 10.8. The van der Waals surface area contributed by atoms with Crippen LogP contribution in [0.2, 0.25) is 0 Å². The van der Waals surface area contributed by atoms with Crippen molar-refractivity contribution in [2.75, 3.05) is 19.8 Å². The molecule has 0 bridgehead atoms. The molecule has 2 N–H and O–H groups in total. The SMILES string of the molecule is CN=C(NCCCCC(C)(C)C)NCc1ccc(S(C)(=O)=O)c(C)c1.I. The van der Waals surface area contributed by atoms with Crippen LogP contribution in [0.25, 0.3) is 0 Å². The Bertz CT molecular complexity index is 695. The molecule has 5 nitrogen and oxygen atoms in total. The third-order valence-electron chi connectivity index (χ3n) is 3.97. The fourth-order valence-corrected chi connectivity index (χ4v) is 3.59. The third-order valence-corrected chi connectivity index (χ3v) is 5.23. The predicted molar refractivity (Wildman–Crippen MR) is 121 cm³/mol. The summed E-state index contributed by atoms with van der Waals surface area (Å²) in [6.07, 6.45) is 4.76. The van der Waals surface area contributed by atoms with Crippen molar-refractivity contribution < 1.29 is 8.42 Å². The lowest BCUT2D eigenvalue weighted by molar-refractivity contribution is 0.360. The average Bonchev–Trinajstić information content (AvgIpc) is 2.47. The van der Waals surface area contributed by atoms with Crippen LogP contribution in [0.15, 0.2) is 28.1 Å². The minimum Gasteiger partial charge on any atom is -0.356 e. The standard InChI is InChI=1S/C19H33N3O2S.HI/c1-15-13-16(9-10-17(15)25(6,23)24)14-22-18(20-5)21-12-8-7-11-19(2,3)4;/h9-10,13H,7-8,11-12,14H2,1-6H3,(H2,20,21,22);1H. The summed E-state index contributed by atoms with van der Waals surface area (Å²) in [5, 5.41) is 6.59. The number of benzene rings is 1. The summed E-state index contributed by atoms with van der Waals surface area (Å²) < 4.78 is 23.3. The van der Waals surface area contributed by atoms with Gasteiger partial charge < -0.3 is 10.6 Å². The van der Waals surface area contributed by atoms with Crippen LogP contribution in [0.4, 0.5) is 0 Å². The van der Waals surface area contributed by atoms with Gasteiger partial charge in [0, 0.05) is 26.4 Å². The number of aryl methyl sites for hydroxylation is 1. The van der Waals surface area contributed by atoms with Crippen LogP contribution in [0.3, 0.4) is 0 Å². The molecule has 0 aliphatic heterocycles. The van der Waals surface area contributed by atoms with Gasteiger partial charge in [-0.15, -0.1) is 24.0 Å². The van der Waals surface area contributed by atoms with Crippen LogP contribution in [0, 0.1) is 12.3 Å². The summed E-state index contributed by atoms with van der Waals surface area (Å²) in [6.45, 7) is 10.1. The van der Waals surface area contributed by atoms with E-state index >= 15 is 0 Å². The van der Waals surface area contributed by atoms with Crippen molar-refractivity contribution in [3.8, 4) is 0 Å². The minimum atomic E-state index is -3.17. The van der Waals surface area contributed by atoms with Crippen LogP contribution < -0.4 is 10.6 Å². The molecule has 0 atom stereocenters. The van der Waals surface area contributed by atoms with Gasteiger partial charge in [0.05, 0.1) is 4.90 Å². The lowest BCUT2D eigenvalue weighted by atomic mass is 9.90. The topological polar surface area (TPSA) is 70.6 Å². The molecule has 0 spiro atoms. The van der Waals surface area contributed by atoms with Gasteiger partial charge >= 0.3 is 0 Å². The number of aliphatic imine (C=N–C) groups is 1. The monoisotopic (exact) mass is 495 g/mol. The first-order valence-corrected chi connectivity index (χ1v) is 10.7. The molecule has 0 amide bonds. The molecular weight excluding hydrogens is 461 g/mol. The predicted octanol–water partition coefficient (Wildman–Crippen LogP) is 3.90. The van der Waals surface area contributed by atoms with Gasteiger partial charge in [0.25, 0.3) is 0 Å². The van der Waals surface area contributed by atoms with Crippen LogP contribution in [0.5, 0.6) is 0 Å². The van der Waals surface area contributed by atoms with E-state index < -0.39 is 9.84 Å². The van der Waals surface area contributed by atoms with Gasteiger partial charge in [0.2, 0.25) is 0 Å². The van der Waals surface area contributed by atoms with E-state index in [0.717, 1.165) is 30.1 Å². The molecule has 0 aliphatic rings. The number of hydrogen-bond acceptors (Lipinski definition) is 3. The first-order valence-electron chi connectivity index (χ1n) is 8.77. The molecule has 1 aromatic carbocycles. The number of sulfone groups is 1. The quantitative estimate of drug-likeness (QED) is 0.261. The van der Waals surface area contributed by atoms with Crippen molar-refractivity contribution in [3.63, 3.8) is 0 Å². The summed E-state index contributed by atoms with van der Waals surface area (Å²) in [4.78, 5) is 4.61. The number of hydrogen-bond donors (Lipinski definition) is 2. The molecule has 0 heterocycles. The van der Waals surface area contributed by atoms with E-state index in [1.54, 1.807) is 13.1 Å². The number of guanidine groups is 1. The molecule has 1 rings (SSSR count). The van der Waals surface area contributed by atoms with Crippen LogP contribution in [0.1, 0.15) is 51.2 Å². The van der Waals surface area contributed by atoms with Crippen LogP contribution >= 0.6 is 24.0 Å². The lowest BCUT2D eigenvalue weighted by Crippen LogP contribution is -2.37. The Balaban J connectivity index is 0.00000625. The normalized spacial score (nSPS) is 12.5. The van der Waals surface area contributed by atoms with Crippen molar-refractivity contribution in [1.82, 2.24) is 10.6 Å². The molecule has 0 saturated carbocycles. The highest BCUT2D eigenvalue weighted by atomic mass is 127. The van der Waals surface area contributed by atoms with Crippen LogP contribution in [-0.2, 0) is 16.4 Å². The minimum absolute atomic E-state index is 0. The second-order valence-electron chi connectivity index (χ2n) is 7.74. The van der Waals surface area contributed by atoms with Gasteiger partial charge in [-0.2, -0.15) is 0 Å². The maximum Gasteiger partial charge on any atom is 0.191 e. The first kappa shape index (κ1) is 25.2. The van der Waals surface area contributed by atoms with E-state index in [1.807, 2.05) is 19.1 Å². The highest BCUT2D eigenvalue weighted by molar-refractivity contribution is 14.0. The molecule has 0 aliphatic carbocycles. The highest BCUT2D eigenvalue weighted by Gasteiger charge is 2.11. The molecule has 0 radical (unpaired) electrons. The number of unbranched alkanes of at least 4 members (excludes halogenated alkanes) is 1. The van der Waals surface area contributed by atoms with Gasteiger partial charge in [0.1, 0.15) is 0 Å².